The van der Waals surface area contributed by atoms with Crippen LogP contribution in [0, 0.1) is 11.3 Å². The van der Waals surface area contributed by atoms with Gasteiger partial charge in [0.15, 0.2) is 0 Å². The minimum atomic E-state index is 0.844. The number of rotatable bonds is 2. The maximum absolute atomic E-state index is 2.40. The Balaban J connectivity index is 1.99. The van der Waals surface area contributed by atoms with Gasteiger partial charge in [0.1, 0.15) is 0 Å². The summed E-state index contributed by atoms with van der Waals surface area (Å²) in [5, 5.41) is 0. The molecular formula is C11H20. The molecule has 0 spiro atoms. The first-order chi connectivity index (χ1) is 5.37. The highest BCUT2D eigenvalue weighted by atomic mass is 14.5. The maximum atomic E-state index is 2.40. The van der Waals surface area contributed by atoms with E-state index in [1.807, 2.05) is 0 Å². The van der Waals surface area contributed by atoms with Crippen LogP contribution in [-0.2, 0) is 0 Å². The quantitative estimate of drug-likeness (QED) is 0.565. The van der Waals surface area contributed by atoms with Crippen LogP contribution in [-0.4, -0.2) is 0 Å². The Bertz CT molecular complexity index is 121. The standard InChI is InChI=1S/C11H20/c1-2-11(8-5-9-11)10-6-3-4-7-10/h10H,2-9H2,1H3. The number of hydrogen-bond donors (Lipinski definition) is 0. The molecule has 2 aliphatic rings. The van der Waals surface area contributed by atoms with E-state index < -0.39 is 0 Å². The third-order valence-electron chi connectivity index (χ3n) is 4.27. The molecule has 0 aromatic heterocycles. The molecule has 0 bridgehead atoms. The van der Waals surface area contributed by atoms with Crippen molar-refractivity contribution in [1.29, 1.82) is 0 Å². The van der Waals surface area contributed by atoms with E-state index in [0.717, 1.165) is 11.3 Å². The Morgan fingerprint density at radius 3 is 2.09 bits per heavy atom. The summed E-state index contributed by atoms with van der Waals surface area (Å²) in [5.41, 5.74) is 0.844. The lowest BCUT2D eigenvalue weighted by atomic mass is 9.59. The highest BCUT2D eigenvalue weighted by molar-refractivity contribution is 4.93. The largest absolute Gasteiger partial charge is 0.0648 e. The van der Waals surface area contributed by atoms with Crippen LogP contribution >= 0.6 is 0 Å². The van der Waals surface area contributed by atoms with Gasteiger partial charge < -0.3 is 0 Å². The molecule has 0 unspecified atom stereocenters. The van der Waals surface area contributed by atoms with Gasteiger partial charge in [-0.2, -0.15) is 0 Å². The average Bonchev–Trinajstić information content (AvgIpc) is 2.39. The van der Waals surface area contributed by atoms with Crippen LogP contribution in [0.2, 0.25) is 0 Å². The average molecular weight is 152 g/mol. The summed E-state index contributed by atoms with van der Waals surface area (Å²) in [6.45, 7) is 2.40. The van der Waals surface area contributed by atoms with E-state index in [1.54, 1.807) is 25.7 Å². The molecule has 11 heavy (non-hydrogen) atoms. The van der Waals surface area contributed by atoms with Gasteiger partial charge in [0, 0.05) is 0 Å². The van der Waals surface area contributed by atoms with Crippen molar-refractivity contribution in [3.05, 3.63) is 0 Å². The van der Waals surface area contributed by atoms with Crippen LogP contribution < -0.4 is 0 Å². The molecule has 0 radical (unpaired) electrons. The van der Waals surface area contributed by atoms with Crippen molar-refractivity contribution >= 4 is 0 Å². The maximum Gasteiger partial charge on any atom is -0.0272 e. The van der Waals surface area contributed by atoms with Gasteiger partial charge in [-0.05, 0) is 37.0 Å². The fraction of sp³-hybridized carbons (Fsp3) is 1.00. The van der Waals surface area contributed by atoms with Gasteiger partial charge in [0.2, 0.25) is 0 Å². The highest BCUT2D eigenvalue weighted by Crippen LogP contribution is 2.54. The van der Waals surface area contributed by atoms with Gasteiger partial charge >= 0.3 is 0 Å². The predicted octanol–water partition coefficient (Wildman–Crippen LogP) is 3.76. The Hall–Kier alpha value is 0. The van der Waals surface area contributed by atoms with Crippen molar-refractivity contribution in [2.24, 2.45) is 11.3 Å². The van der Waals surface area contributed by atoms with E-state index in [1.165, 1.54) is 25.7 Å². The molecule has 0 heteroatoms. The second-order valence-electron chi connectivity index (χ2n) is 4.55. The van der Waals surface area contributed by atoms with Gasteiger partial charge in [-0.15, -0.1) is 0 Å². The van der Waals surface area contributed by atoms with Crippen molar-refractivity contribution < 1.29 is 0 Å². The Morgan fingerprint density at radius 1 is 1.09 bits per heavy atom. The van der Waals surface area contributed by atoms with Gasteiger partial charge in [0.05, 0.1) is 0 Å². The summed E-state index contributed by atoms with van der Waals surface area (Å²) in [5.74, 6) is 1.13. The molecule has 0 saturated heterocycles. The summed E-state index contributed by atoms with van der Waals surface area (Å²) in [4.78, 5) is 0. The lowest BCUT2D eigenvalue weighted by Gasteiger charge is -2.46. The second-order valence-corrected chi connectivity index (χ2v) is 4.55. The van der Waals surface area contributed by atoms with Crippen LogP contribution in [0.1, 0.15) is 58.3 Å². The van der Waals surface area contributed by atoms with Crippen molar-refractivity contribution in [2.75, 3.05) is 0 Å². The monoisotopic (exact) mass is 152 g/mol. The molecule has 0 amide bonds. The van der Waals surface area contributed by atoms with Crippen LogP contribution in [0.3, 0.4) is 0 Å². The zero-order valence-corrected chi connectivity index (χ0v) is 7.73. The SMILES string of the molecule is CCC1(C2CCCC2)CCC1. The van der Waals surface area contributed by atoms with Crippen molar-refractivity contribution in [2.45, 2.75) is 58.3 Å². The summed E-state index contributed by atoms with van der Waals surface area (Å²) in [6, 6.07) is 0. The first-order valence-corrected chi connectivity index (χ1v) is 5.37. The lowest BCUT2D eigenvalue weighted by Crippen LogP contribution is -2.35. The third-order valence-corrected chi connectivity index (χ3v) is 4.27. The van der Waals surface area contributed by atoms with Gasteiger partial charge in [-0.1, -0.05) is 32.6 Å². The minimum Gasteiger partial charge on any atom is -0.0648 e. The number of hydrogen-bond acceptors (Lipinski definition) is 0. The first-order valence-electron chi connectivity index (χ1n) is 5.37. The summed E-state index contributed by atoms with van der Waals surface area (Å²) in [7, 11) is 0. The summed E-state index contributed by atoms with van der Waals surface area (Å²) < 4.78 is 0. The molecule has 2 saturated carbocycles. The lowest BCUT2D eigenvalue weighted by molar-refractivity contribution is 0.0471. The predicted molar refractivity (Wildman–Crippen MR) is 48.5 cm³/mol. The zero-order valence-electron chi connectivity index (χ0n) is 7.73. The zero-order chi connectivity index (χ0) is 7.73. The van der Waals surface area contributed by atoms with Crippen molar-refractivity contribution in [1.82, 2.24) is 0 Å². The van der Waals surface area contributed by atoms with Crippen LogP contribution in [0.4, 0.5) is 0 Å². The van der Waals surface area contributed by atoms with Crippen molar-refractivity contribution in [3.63, 3.8) is 0 Å². The molecule has 0 N–H and O–H groups in total. The van der Waals surface area contributed by atoms with E-state index >= 15 is 0 Å². The van der Waals surface area contributed by atoms with Crippen LogP contribution in [0.15, 0.2) is 0 Å². The Labute approximate surface area is 70.4 Å². The van der Waals surface area contributed by atoms with E-state index in [9.17, 15) is 0 Å². The normalized spacial score (nSPS) is 30.3. The molecule has 0 heterocycles. The molecular weight excluding hydrogens is 132 g/mol. The first kappa shape index (κ1) is 7.64. The van der Waals surface area contributed by atoms with Gasteiger partial charge in [-0.3, -0.25) is 0 Å². The molecule has 0 aromatic rings. The molecule has 0 aliphatic heterocycles. The molecule has 2 rings (SSSR count). The Kier molecular flexibility index (Phi) is 1.95. The van der Waals surface area contributed by atoms with E-state index in [-0.39, 0.29) is 0 Å². The molecule has 0 nitrogen and oxygen atoms in total. The third kappa shape index (κ3) is 1.11. The molecule has 64 valence electrons. The minimum absolute atomic E-state index is 0.844. The summed E-state index contributed by atoms with van der Waals surface area (Å²) in [6.07, 6.45) is 12.2. The molecule has 2 aliphatic carbocycles. The second kappa shape index (κ2) is 2.80. The fourth-order valence-electron chi connectivity index (χ4n) is 3.22. The smallest absolute Gasteiger partial charge is 0.0272 e. The van der Waals surface area contributed by atoms with Gasteiger partial charge in [-0.25, -0.2) is 0 Å². The van der Waals surface area contributed by atoms with E-state index in [0.29, 0.717) is 0 Å². The topological polar surface area (TPSA) is 0 Å². The highest BCUT2D eigenvalue weighted by Gasteiger charge is 2.42. The van der Waals surface area contributed by atoms with Gasteiger partial charge in [0.25, 0.3) is 0 Å². The van der Waals surface area contributed by atoms with Crippen LogP contribution in [0.25, 0.3) is 0 Å². The van der Waals surface area contributed by atoms with Crippen molar-refractivity contribution in [3.8, 4) is 0 Å². The van der Waals surface area contributed by atoms with Crippen LogP contribution in [0.5, 0.6) is 0 Å². The van der Waals surface area contributed by atoms with E-state index in [4.69, 9.17) is 0 Å². The van der Waals surface area contributed by atoms with E-state index in [2.05, 4.69) is 6.92 Å². The molecule has 0 aromatic carbocycles. The Morgan fingerprint density at radius 2 is 1.73 bits per heavy atom. The summed E-state index contributed by atoms with van der Waals surface area (Å²) >= 11 is 0. The molecule has 0 atom stereocenters. The fourth-order valence-corrected chi connectivity index (χ4v) is 3.22. The molecule has 2 fully saturated rings.